The Kier molecular flexibility index (Phi) is 69.7. The van der Waals surface area contributed by atoms with Crippen LogP contribution in [0.2, 0.25) is 0 Å². The minimum atomic E-state index is -4.98. The second-order valence-corrected chi connectivity index (χ2v) is 29.6. The normalized spacial score (nSPS) is 14.2. The molecule has 0 saturated carbocycles. The van der Waals surface area contributed by atoms with Crippen LogP contribution in [-0.4, -0.2) is 96.7 Å². The molecule has 19 heteroatoms. The van der Waals surface area contributed by atoms with Gasteiger partial charge in [-0.2, -0.15) is 0 Å². The first-order valence-corrected chi connectivity index (χ1v) is 42.6. The molecule has 0 amide bonds. The molecule has 0 bridgehead atoms. The van der Waals surface area contributed by atoms with Crippen molar-refractivity contribution in [3.8, 4) is 0 Å². The lowest BCUT2D eigenvalue weighted by Gasteiger charge is -2.21. The largest absolute Gasteiger partial charge is 0.472 e. The van der Waals surface area contributed by atoms with E-state index in [1.54, 1.807) is 0 Å². The molecule has 0 aromatic heterocycles. The molecule has 0 aromatic carbocycles. The van der Waals surface area contributed by atoms with Crippen molar-refractivity contribution in [2.45, 2.75) is 380 Å². The predicted octanol–water partition coefficient (Wildman–Crippen LogP) is 22.7. The van der Waals surface area contributed by atoms with Crippen LogP contribution in [0.1, 0.15) is 362 Å². The number of carbonyl (C=O) groups is 4. The zero-order valence-electron chi connectivity index (χ0n) is 62.5. The Morgan fingerprint density at radius 1 is 0.286 bits per heavy atom. The highest BCUT2D eigenvalue weighted by atomic mass is 31.2. The number of hydrogen-bond acceptors (Lipinski definition) is 15. The fourth-order valence-electron chi connectivity index (χ4n) is 10.9. The van der Waals surface area contributed by atoms with E-state index in [2.05, 4.69) is 88.5 Å². The van der Waals surface area contributed by atoms with E-state index in [1.807, 2.05) is 0 Å². The zero-order valence-corrected chi connectivity index (χ0v) is 64.3. The molecule has 5 atom stereocenters. The maximum atomic E-state index is 13.1. The van der Waals surface area contributed by atoms with Crippen LogP contribution in [0.15, 0.2) is 60.8 Å². The fraction of sp³-hybridized carbons (Fsp3) is 0.823. The molecule has 3 N–H and O–H groups in total. The van der Waals surface area contributed by atoms with Crippen molar-refractivity contribution in [1.29, 1.82) is 0 Å². The van der Waals surface area contributed by atoms with Gasteiger partial charge in [0, 0.05) is 25.7 Å². The molecule has 0 rings (SSSR count). The maximum absolute atomic E-state index is 13.1. The number of allylic oxidation sites excluding steroid dienone is 10. The van der Waals surface area contributed by atoms with Gasteiger partial charge in [0.25, 0.3) is 0 Å². The zero-order chi connectivity index (χ0) is 71.8. The molecular weight excluding hydrogens is 1280 g/mol. The number of hydrogen-bond donors (Lipinski definition) is 3. The lowest BCUT2D eigenvalue weighted by Crippen LogP contribution is -2.30. The highest BCUT2D eigenvalue weighted by Crippen LogP contribution is 2.45. The van der Waals surface area contributed by atoms with Gasteiger partial charge in [-0.25, -0.2) is 9.13 Å². The first-order chi connectivity index (χ1) is 47.7. The summed E-state index contributed by atoms with van der Waals surface area (Å²) >= 11 is 0. The Morgan fingerprint density at radius 2 is 0.500 bits per heavy atom. The van der Waals surface area contributed by atoms with E-state index in [9.17, 15) is 43.2 Å². The Bertz CT molecular complexity index is 2100. The summed E-state index contributed by atoms with van der Waals surface area (Å²) in [6.45, 7) is 4.85. The van der Waals surface area contributed by atoms with Gasteiger partial charge in [0.05, 0.1) is 26.4 Å². The van der Waals surface area contributed by atoms with E-state index in [4.69, 9.17) is 37.0 Å². The Balaban J connectivity index is 5.35. The summed E-state index contributed by atoms with van der Waals surface area (Å²) in [5, 5.41) is 10.6. The number of phosphoric acid groups is 2. The molecule has 0 radical (unpaired) electrons. The Labute approximate surface area is 597 Å². The molecule has 0 fully saturated rings. The molecule has 0 heterocycles. The smallest absolute Gasteiger partial charge is 0.462 e. The molecule has 0 aliphatic heterocycles. The van der Waals surface area contributed by atoms with Crippen LogP contribution in [0.25, 0.3) is 0 Å². The second-order valence-electron chi connectivity index (χ2n) is 26.7. The molecule has 0 aromatic rings. The van der Waals surface area contributed by atoms with Gasteiger partial charge < -0.3 is 33.8 Å². The number of unbranched alkanes of at least 4 members (excludes halogenated alkanes) is 41. The van der Waals surface area contributed by atoms with Crippen molar-refractivity contribution in [3.05, 3.63) is 60.8 Å². The summed E-state index contributed by atoms with van der Waals surface area (Å²) in [5.74, 6) is -2.19. The van der Waals surface area contributed by atoms with Gasteiger partial charge in [0.15, 0.2) is 12.2 Å². The monoisotopic (exact) mass is 1430 g/mol. The molecule has 17 nitrogen and oxygen atoms in total. The standard InChI is InChI=1S/C79H144O17P2/c1-5-9-13-17-21-25-29-33-36-40-44-48-52-56-60-64-77(82)90-70-75(96-79(84)66-62-58-54-50-46-42-38-35-31-27-23-19-15-11-7-3)72-94-98(87,88)92-68-73(80)67-91-97(85,86)93-71-74(69-89-76(81)63-59-55-51-47-43-39-32-28-24-20-16-12-8-4)95-78(83)65-61-57-53-49-45-41-37-34-30-26-22-18-14-10-6-2/h25,27,29,31,33-38,73-75,80H,5-24,26,28,30,32,39-72H2,1-4H3,(H,85,86)(H,87,88)/b29-25-,31-27-,36-33-,37-34-,38-35-/t73-,74+,75+/m0/s1. The Morgan fingerprint density at radius 3 is 0.776 bits per heavy atom. The molecule has 0 spiro atoms. The van der Waals surface area contributed by atoms with E-state index in [0.29, 0.717) is 25.7 Å². The van der Waals surface area contributed by atoms with Gasteiger partial charge >= 0.3 is 39.5 Å². The second kappa shape index (κ2) is 72.1. The predicted molar refractivity (Wildman–Crippen MR) is 400 cm³/mol. The van der Waals surface area contributed by atoms with Gasteiger partial charge in [0.2, 0.25) is 0 Å². The van der Waals surface area contributed by atoms with Crippen molar-refractivity contribution >= 4 is 39.5 Å². The van der Waals surface area contributed by atoms with Crippen LogP contribution in [0.5, 0.6) is 0 Å². The van der Waals surface area contributed by atoms with Crippen LogP contribution in [0.3, 0.4) is 0 Å². The molecular formula is C79H144O17P2. The molecule has 0 aliphatic rings. The van der Waals surface area contributed by atoms with E-state index >= 15 is 0 Å². The summed E-state index contributed by atoms with van der Waals surface area (Å²) in [6, 6.07) is 0. The minimum absolute atomic E-state index is 0.0773. The number of ether oxygens (including phenoxy) is 4. The molecule has 572 valence electrons. The van der Waals surface area contributed by atoms with E-state index < -0.39 is 97.5 Å². The van der Waals surface area contributed by atoms with Crippen LogP contribution in [-0.2, 0) is 65.4 Å². The van der Waals surface area contributed by atoms with Gasteiger partial charge in [-0.15, -0.1) is 0 Å². The van der Waals surface area contributed by atoms with Crippen LogP contribution in [0.4, 0.5) is 0 Å². The number of phosphoric ester groups is 2. The Hall–Kier alpha value is -3.24. The average Bonchev–Trinajstić information content (AvgIpc) is 1.04. The van der Waals surface area contributed by atoms with Crippen molar-refractivity contribution in [2.24, 2.45) is 0 Å². The third kappa shape index (κ3) is 71.2. The number of esters is 4. The van der Waals surface area contributed by atoms with Crippen molar-refractivity contribution in [1.82, 2.24) is 0 Å². The summed E-state index contributed by atoms with van der Waals surface area (Å²) < 4.78 is 68.5. The maximum Gasteiger partial charge on any atom is 0.472 e. The SMILES string of the molecule is CCCCCC/C=C\C=C/CCCCCCCC(=O)OC[C@H](COP(=O)(O)OC[C@@H](O)COP(=O)(O)OC[C@@H](COC(=O)CCCCCCCCCCCCCCC)OC(=O)CCCCCCC/C=C\CCCCCCCC)OC(=O)CCCCCCC/C=C\C=C/CCCCCC. The van der Waals surface area contributed by atoms with Crippen LogP contribution in [0, 0.1) is 0 Å². The fourth-order valence-corrected chi connectivity index (χ4v) is 12.5. The summed E-state index contributed by atoms with van der Waals surface area (Å²) in [4.78, 5) is 72.9. The first-order valence-electron chi connectivity index (χ1n) is 39.6. The lowest BCUT2D eigenvalue weighted by atomic mass is 10.0. The van der Waals surface area contributed by atoms with E-state index in [1.165, 1.54) is 148 Å². The highest BCUT2D eigenvalue weighted by molar-refractivity contribution is 7.47. The van der Waals surface area contributed by atoms with Crippen molar-refractivity contribution in [2.75, 3.05) is 39.6 Å². The molecule has 2 unspecified atom stereocenters. The number of aliphatic hydroxyl groups is 1. The topological polar surface area (TPSA) is 237 Å². The quantitative estimate of drug-likeness (QED) is 0.0128. The van der Waals surface area contributed by atoms with Gasteiger partial charge in [0.1, 0.15) is 19.3 Å². The van der Waals surface area contributed by atoms with Crippen LogP contribution >= 0.6 is 15.6 Å². The van der Waals surface area contributed by atoms with Crippen molar-refractivity contribution in [3.63, 3.8) is 0 Å². The van der Waals surface area contributed by atoms with Gasteiger partial charge in [-0.3, -0.25) is 37.3 Å². The molecule has 0 saturated heterocycles. The minimum Gasteiger partial charge on any atom is -0.462 e. The van der Waals surface area contributed by atoms with Crippen molar-refractivity contribution < 1.29 is 80.2 Å². The molecule has 98 heavy (non-hydrogen) atoms. The van der Waals surface area contributed by atoms with E-state index in [0.717, 1.165) is 135 Å². The summed E-state index contributed by atoms with van der Waals surface area (Å²) in [5.41, 5.74) is 0. The number of rotatable bonds is 75. The van der Waals surface area contributed by atoms with Crippen LogP contribution < -0.4 is 0 Å². The average molecular weight is 1430 g/mol. The van der Waals surface area contributed by atoms with Gasteiger partial charge in [-0.05, 0) is 103 Å². The first kappa shape index (κ1) is 94.8. The molecule has 0 aliphatic carbocycles. The number of aliphatic hydroxyl groups excluding tert-OH is 1. The third-order valence-corrected chi connectivity index (χ3v) is 18.9. The third-order valence-electron chi connectivity index (χ3n) is 17.0. The van der Waals surface area contributed by atoms with Gasteiger partial charge in [-0.1, -0.05) is 294 Å². The summed E-state index contributed by atoms with van der Waals surface area (Å²) in [6.07, 6.45) is 70.5. The number of carbonyl (C=O) groups excluding carboxylic acids is 4. The summed E-state index contributed by atoms with van der Waals surface area (Å²) in [7, 11) is -9.95. The lowest BCUT2D eigenvalue weighted by molar-refractivity contribution is -0.161. The highest BCUT2D eigenvalue weighted by Gasteiger charge is 2.30. The van der Waals surface area contributed by atoms with E-state index in [-0.39, 0.29) is 25.7 Å².